The summed E-state index contributed by atoms with van der Waals surface area (Å²) in [6.07, 6.45) is 2.08. The standard InChI is InChI=1S/C12H15F2N/c1-8-11(13)5-10(6-12(8)14)9-3-2-4-15-7-9/h5-6,9,15H,2-4,7H2,1H3. The quantitative estimate of drug-likeness (QED) is 0.753. The Hall–Kier alpha value is -0.960. The first-order valence-electron chi connectivity index (χ1n) is 5.34. The van der Waals surface area contributed by atoms with E-state index in [2.05, 4.69) is 5.32 Å². The predicted molar refractivity (Wildman–Crippen MR) is 55.9 cm³/mol. The lowest BCUT2D eigenvalue weighted by molar-refractivity contribution is 0.456. The minimum atomic E-state index is -0.435. The van der Waals surface area contributed by atoms with Gasteiger partial charge in [0, 0.05) is 12.1 Å². The molecule has 0 aliphatic carbocycles. The highest BCUT2D eigenvalue weighted by atomic mass is 19.1. The van der Waals surface area contributed by atoms with Crippen LogP contribution < -0.4 is 5.32 Å². The summed E-state index contributed by atoms with van der Waals surface area (Å²) in [5.74, 6) is -0.616. The number of hydrogen-bond acceptors (Lipinski definition) is 1. The minimum absolute atomic E-state index is 0.113. The molecule has 1 nitrogen and oxygen atoms in total. The summed E-state index contributed by atoms with van der Waals surface area (Å²) in [4.78, 5) is 0. The van der Waals surface area contributed by atoms with Gasteiger partial charge >= 0.3 is 0 Å². The Morgan fingerprint density at radius 2 is 1.93 bits per heavy atom. The molecule has 1 aromatic carbocycles. The number of rotatable bonds is 1. The molecule has 1 aliphatic heterocycles. The van der Waals surface area contributed by atoms with Crippen molar-refractivity contribution in [2.24, 2.45) is 0 Å². The summed E-state index contributed by atoms with van der Waals surface area (Å²) in [6.45, 7) is 3.29. The lowest BCUT2D eigenvalue weighted by Crippen LogP contribution is -2.28. The van der Waals surface area contributed by atoms with Gasteiger partial charge in [-0.1, -0.05) is 0 Å². The fourth-order valence-electron chi connectivity index (χ4n) is 2.04. The summed E-state index contributed by atoms with van der Waals surface area (Å²) < 4.78 is 26.7. The summed E-state index contributed by atoms with van der Waals surface area (Å²) in [7, 11) is 0. The SMILES string of the molecule is Cc1c(F)cc(C2CCCNC2)cc1F. The molecular formula is C12H15F2N. The molecule has 1 heterocycles. The zero-order chi connectivity index (χ0) is 10.8. The van der Waals surface area contributed by atoms with E-state index in [0.29, 0.717) is 0 Å². The molecule has 1 N–H and O–H groups in total. The maximum Gasteiger partial charge on any atom is 0.129 e. The van der Waals surface area contributed by atoms with Crippen LogP contribution >= 0.6 is 0 Å². The Balaban J connectivity index is 2.27. The summed E-state index contributed by atoms with van der Waals surface area (Å²) in [6, 6.07) is 2.94. The molecule has 0 spiro atoms. The van der Waals surface area contributed by atoms with E-state index in [1.54, 1.807) is 0 Å². The van der Waals surface area contributed by atoms with Crippen molar-refractivity contribution >= 4 is 0 Å². The van der Waals surface area contributed by atoms with Crippen LogP contribution in [0.4, 0.5) is 8.78 Å². The first-order chi connectivity index (χ1) is 7.18. The van der Waals surface area contributed by atoms with E-state index in [9.17, 15) is 8.78 Å². The molecule has 1 atom stereocenters. The van der Waals surface area contributed by atoms with E-state index in [-0.39, 0.29) is 11.5 Å². The third-order valence-electron chi connectivity index (χ3n) is 3.07. The van der Waals surface area contributed by atoms with Crippen molar-refractivity contribution in [3.8, 4) is 0 Å². The lowest BCUT2D eigenvalue weighted by Gasteiger charge is -2.23. The number of piperidine rings is 1. The van der Waals surface area contributed by atoms with Crippen molar-refractivity contribution in [2.45, 2.75) is 25.7 Å². The molecular weight excluding hydrogens is 196 g/mol. The third-order valence-corrected chi connectivity index (χ3v) is 3.07. The van der Waals surface area contributed by atoms with Crippen LogP contribution in [0, 0.1) is 18.6 Å². The fraction of sp³-hybridized carbons (Fsp3) is 0.500. The average molecular weight is 211 g/mol. The highest BCUT2D eigenvalue weighted by molar-refractivity contribution is 5.28. The Morgan fingerprint density at radius 1 is 1.27 bits per heavy atom. The number of benzene rings is 1. The van der Waals surface area contributed by atoms with Gasteiger partial charge in [-0.3, -0.25) is 0 Å². The molecule has 0 saturated carbocycles. The first kappa shape index (κ1) is 10.6. The highest BCUT2D eigenvalue weighted by Gasteiger charge is 2.17. The van der Waals surface area contributed by atoms with Crippen molar-refractivity contribution in [1.29, 1.82) is 0 Å². The van der Waals surface area contributed by atoms with Gasteiger partial charge < -0.3 is 5.32 Å². The van der Waals surface area contributed by atoms with Gasteiger partial charge in [0.1, 0.15) is 11.6 Å². The maximum absolute atomic E-state index is 13.3. The van der Waals surface area contributed by atoms with Crippen LogP contribution in [0.1, 0.15) is 29.9 Å². The van der Waals surface area contributed by atoms with Crippen LogP contribution in [0.2, 0.25) is 0 Å². The van der Waals surface area contributed by atoms with Gasteiger partial charge in [0.05, 0.1) is 0 Å². The van der Waals surface area contributed by atoms with Crippen LogP contribution in [0.25, 0.3) is 0 Å². The van der Waals surface area contributed by atoms with Crippen molar-refractivity contribution in [3.05, 3.63) is 34.9 Å². The Bertz CT molecular complexity index is 334. The van der Waals surface area contributed by atoms with Crippen molar-refractivity contribution in [1.82, 2.24) is 5.32 Å². The molecule has 3 heteroatoms. The molecule has 1 fully saturated rings. The summed E-state index contributed by atoms with van der Waals surface area (Å²) >= 11 is 0. The highest BCUT2D eigenvalue weighted by Crippen LogP contribution is 2.26. The van der Waals surface area contributed by atoms with Crippen LogP contribution in [0.5, 0.6) is 0 Å². The predicted octanol–water partition coefficient (Wildman–Crippen LogP) is 2.74. The van der Waals surface area contributed by atoms with Crippen molar-refractivity contribution in [3.63, 3.8) is 0 Å². The van der Waals surface area contributed by atoms with Crippen LogP contribution in [0.3, 0.4) is 0 Å². The molecule has 1 aliphatic rings. The van der Waals surface area contributed by atoms with E-state index < -0.39 is 11.6 Å². The third kappa shape index (κ3) is 2.17. The second kappa shape index (κ2) is 4.27. The molecule has 1 saturated heterocycles. The van der Waals surface area contributed by atoms with Crippen LogP contribution in [-0.2, 0) is 0 Å². The maximum atomic E-state index is 13.3. The fourth-order valence-corrected chi connectivity index (χ4v) is 2.04. The van der Waals surface area contributed by atoms with Gasteiger partial charge in [-0.05, 0) is 49.9 Å². The van der Waals surface area contributed by atoms with Gasteiger partial charge in [0.25, 0.3) is 0 Å². The molecule has 0 aromatic heterocycles. The zero-order valence-corrected chi connectivity index (χ0v) is 8.82. The van der Waals surface area contributed by atoms with E-state index in [0.717, 1.165) is 31.5 Å². The monoisotopic (exact) mass is 211 g/mol. The van der Waals surface area contributed by atoms with Crippen LogP contribution in [0.15, 0.2) is 12.1 Å². The van der Waals surface area contributed by atoms with E-state index >= 15 is 0 Å². The van der Waals surface area contributed by atoms with E-state index in [4.69, 9.17) is 0 Å². The Labute approximate surface area is 88.5 Å². The van der Waals surface area contributed by atoms with Crippen LogP contribution in [-0.4, -0.2) is 13.1 Å². The van der Waals surface area contributed by atoms with Gasteiger partial charge in [-0.25, -0.2) is 8.78 Å². The Kier molecular flexibility index (Phi) is 3.00. The molecule has 2 rings (SSSR count). The molecule has 15 heavy (non-hydrogen) atoms. The molecule has 0 amide bonds. The first-order valence-corrected chi connectivity index (χ1v) is 5.34. The van der Waals surface area contributed by atoms with E-state index in [1.165, 1.54) is 19.1 Å². The van der Waals surface area contributed by atoms with Gasteiger partial charge in [-0.2, -0.15) is 0 Å². The summed E-state index contributed by atoms with van der Waals surface area (Å²) in [5.41, 5.74) is 0.894. The largest absolute Gasteiger partial charge is 0.316 e. The van der Waals surface area contributed by atoms with Gasteiger partial charge in [-0.15, -0.1) is 0 Å². The van der Waals surface area contributed by atoms with Gasteiger partial charge in [0.15, 0.2) is 0 Å². The molecule has 1 aromatic rings. The topological polar surface area (TPSA) is 12.0 Å². The smallest absolute Gasteiger partial charge is 0.129 e. The molecule has 82 valence electrons. The van der Waals surface area contributed by atoms with Crippen molar-refractivity contribution < 1.29 is 8.78 Å². The lowest BCUT2D eigenvalue weighted by atomic mass is 9.91. The molecule has 0 radical (unpaired) electrons. The number of nitrogens with one attached hydrogen (secondary N) is 1. The van der Waals surface area contributed by atoms with E-state index in [1.807, 2.05) is 0 Å². The second-order valence-corrected chi connectivity index (χ2v) is 4.15. The summed E-state index contributed by atoms with van der Waals surface area (Å²) in [5, 5.41) is 3.24. The second-order valence-electron chi connectivity index (χ2n) is 4.15. The zero-order valence-electron chi connectivity index (χ0n) is 8.82. The normalized spacial score (nSPS) is 21.7. The minimum Gasteiger partial charge on any atom is -0.316 e. The average Bonchev–Trinajstić information content (AvgIpc) is 2.26. The number of hydrogen-bond donors (Lipinski definition) is 1. The van der Waals surface area contributed by atoms with Crippen molar-refractivity contribution in [2.75, 3.05) is 13.1 Å². The van der Waals surface area contributed by atoms with Gasteiger partial charge in [0.2, 0.25) is 0 Å². The molecule has 1 unspecified atom stereocenters. The molecule has 0 bridgehead atoms. The number of halogens is 2. The Morgan fingerprint density at radius 3 is 2.47 bits per heavy atom.